The van der Waals surface area contributed by atoms with Gasteiger partial charge in [-0.25, -0.2) is 0 Å². The van der Waals surface area contributed by atoms with Gasteiger partial charge in [-0.3, -0.25) is 4.68 Å². The first-order valence-corrected chi connectivity index (χ1v) is 11.4. The fraction of sp³-hybridized carbons (Fsp3) is 0.346. The second-order valence-corrected chi connectivity index (χ2v) is 8.24. The van der Waals surface area contributed by atoms with Gasteiger partial charge in [-0.1, -0.05) is 19.1 Å². The van der Waals surface area contributed by atoms with Crippen molar-refractivity contribution in [2.24, 2.45) is 0 Å². The molecule has 31 heavy (non-hydrogen) atoms. The molecule has 0 atom stereocenters. The number of aromatic nitrogens is 2. The Balaban J connectivity index is 1.45. The third-order valence-electron chi connectivity index (χ3n) is 6.11. The van der Waals surface area contributed by atoms with Gasteiger partial charge in [-0.2, -0.15) is 5.10 Å². The molecule has 1 aliphatic heterocycles. The zero-order chi connectivity index (χ0) is 21.0. The van der Waals surface area contributed by atoms with Crippen molar-refractivity contribution in [3.63, 3.8) is 0 Å². The van der Waals surface area contributed by atoms with E-state index < -0.39 is 0 Å². The molecule has 2 heterocycles. The van der Waals surface area contributed by atoms with Gasteiger partial charge >= 0.3 is 0 Å². The van der Waals surface area contributed by atoms with E-state index in [0.29, 0.717) is 0 Å². The molecule has 1 N–H and O–H groups in total. The molecule has 1 aromatic heterocycles. The van der Waals surface area contributed by atoms with Crippen LogP contribution in [0.25, 0.3) is 17.3 Å². The van der Waals surface area contributed by atoms with Crippen molar-refractivity contribution < 1.29 is 4.74 Å². The SMILES string of the molecule is CCCn1nccc1-c1cc2c(c(Nc3ccc(N4CCOCC4)cc3)c1)CCC=C2. The highest BCUT2D eigenvalue weighted by Crippen LogP contribution is 2.35. The summed E-state index contributed by atoms with van der Waals surface area (Å²) in [7, 11) is 0. The van der Waals surface area contributed by atoms with Crippen LogP contribution in [0, 0.1) is 0 Å². The second kappa shape index (κ2) is 8.98. The number of rotatable bonds is 6. The second-order valence-electron chi connectivity index (χ2n) is 8.24. The molecule has 5 rings (SSSR count). The van der Waals surface area contributed by atoms with E-state index in [9.17, 15) is 0 Å². The Kier molecular flexibility index (Phi) is 5.76. The fourth-order valence-electron chi connectivity index (χ4n) is 4.52. The average Bonchev–Trinajstić information content (AvgIpc) is 3.29. The van der Waals surface area contributed by atoms with Gasteiger partial charge in [-0.05, 0) is 72.9 Å². The monoisotopic (exact) mass is 414 g/mol. The number of nitrogens with one attached hydrogen (secondary N) is 1. The molecule has 1 saturated heterocycles. The molecule has 3 aromatic rings. The lowest BCUT2D eigenvalue weighted by Gasteiger charge is -2.29. The van der Waals surface area contributed by atoms with Crippen molar-refractivity contribution >= 4 is 23.1 Å². The van der Waals surface area contributed by atoms with Gasteiger partial charge in [0, 0.05) is 48.5 Å². The number of anilines is 3. The van der Waals surface area contributed by atoms with E-state index in [2.05, 4.69) is 81.5 Å². The first-order chi connectivity index (χ1) is 15.3. The van der Waals surface area contributed by atoms with Crippen LogP contribution in [0.15, 0.2) is 54.7 Å². The Bertz CT molecular complexity index is 1060. The Morgan fingerprint density at radius 2 is 1.90 bits per heavy atom. The van der Waals surface area contributed by atoms with Gasteiger partial charge in [0.05, 0.1) is 18.9 Å². The summed E-state index contributed by atoms with van der Waals surface area (Å²) in [6.45, 7) is 6.65. The van der Waals surface area contributed by atoms with Crippen LogP contribution in [-0.2, 0) is 17.7 Å². The maximum atomic E-state index is 5.48. The Labute approximate surface area is 184 Å². The van der Waals surface area contributed by atoms with Gasteiger partial charge < -0.3 is 15.0 Å². The maximum Gasteiger partial charge on any atom is 0.0683 e. The number of aryl methyl sites for hydroxylation is 1. The Hall–Kier alpha value is -3.05. The molecular formula is C26H30N4O. The molecule has 0 spiro atoms. The molecular weight excluding hydrogens is 384 g/mol. The van der Waals surface area contributed by atoms with Crippen LogP contribution < -0.4 is 10.2 Å². The number of hydrogen-bond acceptors (Lipinski definition) is 4. The quantitative estimate of drug-likeness (QED) is 0.578. The van der Waals surface area contributed by atoms with E-state index in [1.165, 1.54) is 33.8 Å². The molecule has 5 heteroatoms. The Morgan fingerprint density at radius 1 is 1.06 bits per heavy atom. The summed E-state index contributed by atoms with van der Waals surface area (Å²) < 4.78 is 7.58. The lowest BCUT2D eigenvalue weighted by molar-refractivity contribution is 0.122. The van der Waals surface area contributed by atoms with Crippen LogP contribution in [0.2, 0.25) is 0 Å². The highest BCUT2D eigenvalue weighted by atomic mass is 16.5. The molecule has 1 fully saturated rings. The lowest BCUT2D eigenvalue weighted by Crippen LogP contribution is -2.36. The van der Waals surface area contributed by atoms with Gasteiger partial charge in [0.15, 0.2) is 0 Å². The highest BCUT2D eigenvalue weighted by Gasteiger charge is 2.16. The third-order valence-corrected chi connectivity index (χ3v) is 6.11. The first-order valence-electron chi connectivity index (χ1n) is 11.4. The largest absolute Gasteiger partial charge is 0.378 e. The number of nitrogens with zero attached hydrogens (tertiary/aromatic N) is 3. The summed E-state index contributed by atoms with van der Waals surface area (Å²) in [5.41, 5.74) is 8.66. The van der Waals surface area contributed by atoms with E-state index in [1.807, 2.05) is 6.20 Å². The van der Waals surface area contributed by atoms with Gasteiger partial charge in [0.25, 0.3) is 0 Å². The predicted molar refractivity (Wildman–Crippen MR) is 128 cm³/mol. The van der Waals surface area contributed by atoms with E-state index in [1.54, 1.807) is 0 Å². The van der Waals surface area contributed by atoms with Gasteiger partial charge in [-0.15, -0.1) is 0 Å². The third kappa shape index (κ3) is 4.23. The molecule has 0 bridgehead atoms. The van der Waals surface area contributed by atoms with E-state index in [-0.39, 0.29) is 0 Å². The Morgan fingerprint density at radius 3 is 2.71 bits per heavy atom. The van der Waals surface area contributed by atoms with E-state index in [0.717, 1.165) is 57.8 Å². The van der Waals surface area contributed by atoms with Crippen molar-refractivity contribution in [1.29, 1.82) is 0 Å². The van der Waals surface area contributed by atoms with Crippen LogP contribution in [0.4, 0.5) is 17.1 Å². The van der Waals surface area contributed by atoms with Gasteiger partial charge in [0.2, 0.25) is 0 Å². The van der Waals surface area contributed by atoms with Crippen LogP contribution in [0.3, 0.4) is 0 Å². The van der Waals surface area contributed by atoms with E-state index in [4.69, 9.17) is 4.74 Å². The van der Waals surface area contributed by atoms with Crippen LogP contribution >= 0.6 is 0 Å². The first kappa shape index (κ1) is 19.9. The van der Waals surface area contributed by atoms with Crippen molar-refractivity contribution in [3.05, 3.63) is 65.9 Å². The van der Waals surface area contributed by atoms with Crippen LogP contribution in [0.5, 0.6) is 0 Å². The number of ether oxygens (including phenoxy) is 1. The molecule has 160 valence electrons. The average molecular weight is 415 g/mol. The van der Waals surface area contributed by atoms with Crippen LogP contribution in [0.1, 0.15) is 30.9 Å². The minimum atomic E-state index is 0.807. The summed E-state index contributed by atoms with van der Waals surface area (Å²) in [4.78, 5) is 2.38. The maximum absolute atomic E-state index is 5.48. The summed E-state index contributed by atoms with van der Waals surface area (Å²) in [5, 5.41) is 8.24. The van der Waals surface area contributed by atoms with Crippen molar-refractivity contribution in [2.75, 3.05) is 36.5 Å². The number of morpholine rings is 1. The molecule has 0 unspecified atom stereocenters. The minimum absolute atomic E-state index is 0.807. The predicted octanol–water partition coefficient (Wildman–Crippen LogP) is 5.50. The summed E-state index contributed by atoms with van der Waals surface area (Å²) in [5.74, 6) is 0. The molecule has 5 nitrogen and oxygen atoms in total. The van der Waals surface area contributed by atoms with Crippen molar-refractivity contribution in [2.45, 2.75) is 32.7 Å². The number of fused-ring (bicyclic) bond motifs is 1. The molecule has 2 aromatic carbocycles. The van der Waals surface area contributed by atoms with Crippen LogP contribution in [-0.4, -0.2) is 36.1 Å². The number of benzene rings is 2. The topological polar surface area (TPSA) is 42.3 Å². The van der Waals surface area contributed by atoms with Crippen molar-refractivity contribution in [1.82, 2.24) is 9.78 Å². The fourth-order valence-corrected chi connectivity index (χ4v) is 4.52. The zero-order valence-electron chi connectivity index (χ0n) is 18.2. The molecule has 0 amide bonds. The molecule has 0 radical (unpaired) electrons. The molecule has 2 aliphatic rings. The standard InChI is InChI=1S/C26H30N4O/c1-2-13-30-26(11-12-27-30)21-18-20-5-3-4-6-24(20)25(19-21)28-22-7-9-23(10-8-22)29-14-16-31-17-15-29/h3,5,7-12,18-19,28H,2,4,6,13-17H2,1H3. The minimum Gasteiger partial charge on any atom is -0.378 e. The summed E-state index contributed by atoms with van der Waals surface area (Å²) in [6.07, 6.45) is 9.66. The lowest BCUT2D eigenvalue weighted by atomic mass is 9.92. The zero-order valence-corrected chi connectivity index (χ0v) is 18.2. The number of allylic oxidation sites excluding steroid dienone is 1. The normalized spacial score (nSPS) is 15.7. The van der Waals surface area contributed by atoms with Crippen molar-refractivity contribution in [3.8, 4) is 11.3 Å². The highest BCUT2D eigenvalue weighted by molar-refractivity contribution is 5.78. The van der Waals surface area contributed by atoms with Gasteiger partial charge in [0.1, 0.15) is 0 Å². The van der Waals surface area contributed by atoms with E-state index >= 15 is 0 Å². The molecule has 0 saturated carbocycles. The summed E-state index contributed by atoms with van der Waals surface area (Å²) in [6, 6.07) is 15.5. The molecule has 1 aliphatic carbocycles. The summed E-state index contributed by atoms with van der Waals surface area (Å²) >= 11 is 0. The smallest absolute Gasteiger partial charge is 0.0683 e. The number of hydrogen-bond donors (Lipinski definition) is 1.